The fraction of sp³-hybridized carbons (Fsp3) is 0.556. The molecule has 0 spiro atoms. The minimum atomic E-state index is -1.20. The maximum Gasteiger partial charge on any atom is 0.249 e. The summed E-state index contributed by atoms with van der Waals surface area (Å²) in [5.41, 5.74) is 0.752. The molecular formula is C18H25NO4. The number of carbonyl (C=O) groups excluding carboxylic acids is 2. The van der Waals surface area contributed by atoms with Crippen molar-refractivity contribution < 1.29 is 19.8 Å². The maximum atomic E-state index is 12.2. The summed E-state index contributed by atoms with van der Waals surface area (Å²) in [6.45, 7) is 1.49. The number of amides is 1. The molecule has 3 N–H and O–H groups in total. The van der Waals surface area contributed by atoms with Gasteiger partial charge in [-0.25, -0.2) is 0 Å². The van der Waals surface area contributed by atoms with Crippen molar-refractivity contribution in [2.24, 2.45) is 5.92 Å². The van der Waals surface area contributed by atoms with Crippen molar-refractivity contribution in [3.05, 3.63) is 29.8 Å². The average molecular weight is 319 g/mol. The molecular weight excluding hydrogens is 294 g/mol. The van der Waals surface area contributed by atoms with Crippen LogP contribution in [0.15, 0.2) is 24.3 Å². The number of rotatable bonds is 6. The zero-order chi connectivity index (χ0) is 16.8. The Bertz CT molecular complexity index is 534. The van der Waals surface area contributed by atoms with Crippen molar-refractivity contribution in [3.8, 4) is 5.75 Å². The molecule has 2 unspecified atom stereocenters. The predicted octanol–water partition coefficient (Wildman–Crippen LogP) is 1.95. The summed E-state index contributed by atoms with van der Waals surface area (Å²) >= 11 is 0. The SMILES string of the molecule is CC(=O)C(NC(=O)C(O)Cc1ccc(O)cc1)C1CCCCC1. The second-order valence-electron chi connectivity index (χ2n) is 6.38. The number of hydrogen-bond acceptors (Lipinski definition) is 4. The summed E-state index contributed by atoms with van der Waals surface area (Å²) in [5, 5.41) is 22.1. The molecule has 0 radical (unpaired) electrons. The first kappa shape index (κ1) is 17.5. The van der Waals surface area contributed by atoms with E-state index >= 15 is 0 Å². The van der Waals surface area contributed by atoms with Gasteiger partial charge in [-0.1, -0.05) is 31.4 Å². The van der Waals surface area contributed by atoms with E-state index in [1.54, 1.807) is 12.1 Å². The van der Waals surface area contributed by atoms with E-state index in [1.807, 2.05) is 0 Å². The van der Waals surface area contributed by atoms with Crippen molar-refractivity contribution in [2.45, 2.75) is 57.6 Å². The highest BCUT2D eigenvalue weighted by Crippen LogP contribution is 2.27. The normalized spacial score (nSPS) is 18.2. The molecule has 1 aromatic rings. The van der Waals surface area contributed by atoms with Crippen LogP contribution in [0.3, 0.4) is 0 Å². The lowest BCUT2D eigenvalue weighted by Crippen LogP contribution is -2.49. The average Bonchev–Trinajstić information content (AvgIpc) is 2.55. The van der Waals surface area contributed by atoms with Gasteiger partial charge < -0.3 is 15.5 Å². The minimum Gasteiger partial charge on any atom is -0.508 e. The fourth-order valence-electron chi connectivity index (χ4n) is 3.22. The van der Waals surface area contributed by atoms with E-state index in [0.29, 0.717) is 0 Å². The maximum absolute atomic E-state index is 12.2. The monoisotopic (exact) mass is 319 g/mol. The van der Waals surface area contributed by atoms with Gasteiger partial charge in [-0.15, -0.1) is 0 Å². The van der Waals surface area contributed by atoms with Crippen LogP contribution < -0.4 is 5.32 Å². The van der Waals surface area contributed by atoms with Crippen LogP contribution in [0.25, 0.3) is 0 Å². The number of Topliss-reactive ketones (excluding diaryl/α,β-unsaturated/α-hetero) is 1. The van der Waals surface area contributed by atoms with Gasteiger partial charge in [0, 0.05) is 6.42 Å². The van der Waals surface area contributed by atoms with E-state index in [-0.39, 0.29) is 23.9 Å². The van der Waals surface area contributed by atoms with Crippen LogP contribution in [0.4, 0.5) is 0 Å². The first-order chi connectivity index (χ1) is 11.0. The molecule has 0 bridgehead atoms. The van der Waals surface area contributed by atoms with Crippen molar-refractivity contribution >= 4 is 11.7 Å². The summed E-state index contributed by atoms with van der Waals surface area (Å²) < 4.78 is 0. The van der Waals surface area contributed by atoms with Crippen molar-refractivity contribution in [1.29, 1.82) is 0 Å². The summed E-state index contributed by atoms with van der Waals surface area (Å²) in [7, 11) is 0. The molecule has 5 nitrogen and oxygen atoms in total. The first-order valence-electron chi connectivity index (χ1n) is 8.24. The predicted molar refractivity (Wildman–Crippen MR) is 87.0 cm³/mol. The Kier molecular flexibility index (Phi) is 6.16. The number of phenols is 1. The molecule has 5 heteroatoms. The summed E-state index contributed by atoms with van der Waals surface area (Å²) in [4.78, 5) is 24.1. The topological polar surface area (TPSA) is 86.6 Å². The third-order valence-corrected chi connectivity index (χ3v) is 4.53. The van der Waals surface area contributed by atoms with E-state index in [0.717, 1.165) is 31.2 Å². The van der Waals surface area contributed by atoms with Gasteiger partial charge in [-0.2, -0.15) is 0 Å². The van der Waals surface area contributed by atoms with E-state index in [1.165, 1.54) is 25.5 Å². The number of nitrogens with one attached hydrogen (secondary N) is 1. The molecule has 0 aliphatic heterocycles. The fourth-order valence-corrected chi connectivity index (χ4v) is 3.22. The molecule has 2 atom stereocenters. The van der Waals surface area contributed by atoms with Gasteiger partial charge in [0.25, 0.3) is 0 Å². The zero-order valence-electron chi connectivity index (χ0n) is 13.5. The largest absolute Gasteiger partial charge is 0.508 e. The standard InChI is InChI=1S/C18H25NO4/c1-12(20)17(14-5-3-2-4-6-14)19-18(23)16(22)11-13-7-9-15(21)10-8-13/h7-10,14,16-17,21-22H,2-6,11H2,1H3,(H,19,23). The lowest BCUT2D eigenvalue weighted by molar-refractivity contribution is -0.134. The lowest BCUT2D eigenvalue weighted by atomic mass is 9.82. The number of hydrogen-bond donors (Lipinski definition) is 3. The molecule has 2 rings (SSSR count). The van der Waals surface area contributed by atoms with Crippen molar-refractivity contribution in [2.75, 3.05) is 0 Å². The number of phenolic OH excluding ortho intramolecular Hbond substituents is 1. The van der Waals surface area contributed by atoms with E-state index < -0.39 is 18.1 Å². The smallest absolute Gasteiger partial charge is 0.249 e. The van der Waals surface area contributed by atoms with Crippen LogP contribution in [0.1, 0.15) is 44.6 Å². The van der Waals surface area contributed by atoms with Gasteiger partial charge in [0.2, 0.25) is 5.91 Å². The molecule has 1 amide bonds. The number of aliphatic hydroxyl groups excluding tert-OH is 1. The van der Waals surface area contributed by atoms with Crippen LogP contribution in [0, 0.1) is 5.92 Å². The number of carbonyl (C=O) groups is 2. The van der Waals surface area contributed by atoms with Gasteiger partial charge in [0.05, 0.1) is 6.04 Å². The third-order valence-electron chi connectivity index (χ3n) is 4.53. The Balaban J connectivity index is 1.94. The van der Waals surface area contributed by atoms with Crippen molar-refractivity contribution in [3.63, 3.8) is 0 Å². The van der Waals surface area contributed by atoms with E-state index in [4.69, 9.17) is 0 Å². The number of aromatic hydroxyl groups is 1. The van der Waals surface area contributed by atoms with Crippen LogP contribution in [0.2, 0.25) is 0 Å². The summed E-state index contributed by atoms with van der Waals surface area (Å²) in [6.07, 6.45) is 4.18. The molecule has 0 saturated heterocycles. The van der Waals surface area contributed by atoms with E-state index in [2.05, 4.69) is 5.32 Å². The second-order valence-corrected chi connectivity index (χ2v) is 6.38. The molecule has 1 saturated carbocycles. The van der Waals surface area contributed by atoms with Gasteiger partial charge in [0.1, 0.15) is 11.9 Å². The van der Waals surface area contributed by atoms with Crippen LogP contribution >= 0.6 is 0 Å². The highest BCUT2D eigenvalue weighted by molar-refractivity contribution is 5.89. The Morgan fingerprint density at radius 1 is 1.17 bits per heavy atom. The number of benzene rings is 1. The Hall–Kier alpha value is -1.88. The zero-order valence-corrected chi connectivity index (χ0v) is 13.5. The summed E-state index contributed by atoms with van der Waals surface area (Å²) in [5.74, 6) is -0.251. The Labute approximate surface area is 136 Å². The molecule has 23 heavy (non-hydrogen) atoms. The molecule has 1 aromatic carbocycles. The van der Waals surface area contributed by atoms with Gasteiger partial charge in [-0.3, -0.25) is 9.59 Å². The Morgan fingerprint density at radius 3 is 2.35 bits per heavy atom. The minimum absolute atomic E-state index is 0.0536. The molecule has 126 valence electrons. The van der Waals surface area contributed by atoms with Crippen molar-refractivity contribution in [1.82, 2.24) is 5.32 Å². The van der Waals surface area contributed by atoms with Gasteiger partial charge in [-0.05, 0) is 43.4 Å². The van der Waals surface area contributed by atoms with Crippen LogP contribution in [-0.2, 0) is 16.0 Å². The highest BCUT2D eigenvalue weighted by Gasteiger charge is 2.30. The first-order valence-corrected chi connectivity index (χ1v) is 8.24. The molecule has 1 fully saturated rings. The third kappa shape index (κ3) is 5.06. The molecule has 0 aromatic heterocycles. The lowest BCUT2D eigenvalue weighted by Gasteiger charge is -2.29. The summed E-state index contributed by atoms with van der Waals surface area (Å²) in [6, 6.07) is 5.85. The number of aliphatic hydroxyl groups is 1. The molecule has 1 aliphatic rings. The van der Waals surface area contributed by atoms with Gasteiger partial charge >= 0.3 is 0 Å². The molecule has 0 heterocycles. The van der Waals surface area contributed by atoms with Crippen LogP contribution in [0.5, 0.6) is 5.75 Å². The number of ketones is 1. The highest BCUT2D eigenvalue weighted by atomic mass is 16.3. The van der Waals surface area contributed by atoms with Crippen LogP contribution in [-0.4, -0.2) is 34.0 Å². The second kappa shape index (κ2) is 8.11. The van der Waals surface area contributed by atoms with E-state index in [9.17, 15) is 19.8 Å². The van der Waals surface area contributed by atoms with Gasteiger partial charge in [0.15, 0.2) is 5.78 Å². The Morgan fingerprint density at radius 2 is 1.78 bits per heavy atom. The molecule has 1 aliphatic carbocycles. The quantitative estimate of drug-likeness (QED) is 0.748.